The fourth-order valence-corrected chi connectivity index (χ4v) is 19.0. The van der Waals surface area contributed by atoms with E-state index in [2.05, 4.69) is 425 Å². The molecule has 0 aliphatic rings. The van der Waals surface area contributed by atoms with Crippen molar-refractivity contribution < 1.29 is 0 Å². The quantitative estimate of drug-likeness (QED) is 0.102. The standard InChI is InChI=1S/C64H42N4.C57H37N5/c1-4-14-43(15-5-1)45-24-28-47(29-25-45)58-42-59(48-30-26-46(27-31-48)44-16-6-2-7-17-44)66-64(65-58)49-32-36-53(37-33-49)67-61-23-13-11-21-55(61)57-40-50(35-39-62(57)67)51-34-38-56-54-20-10-12-22-60(54)68(63(56)41-51)52-18-8-3-9-19-52;1-4-15-39(16-5-1)55-58-56(40-17-6-2-7-18-40)60-57(59-55)44-20-14-19-41(35-44)38-27-31-46(32-28-38)61-52-26-13-11-24-48(52)50-36-42(30-34-53(50)61)43-29-33-49-47-23-10-12-25-51(47)62(54(49)37-43)45-21-8-3-9-22-45/h1-42H;1-37H. The Labute approximate surface area is 751 Å². The predicted octanol–water partition coefficient (Wildman–Crippen LogP) is 31.1. The molecule has 0 bridgehead atoms. The van der Waals surface area contributed by atoms with Gasteiger partial charge in [-0.15, -0.1) is 0 Å². The fourth-order valence-electron chi connectivity index (χ4n) is 19.0. The molecule has 0 aliphatic carbocycles. The van der Waals surface area contributed by atoms with Crippen LogP contribution in [0, 0.1) is 0 Å². The molecule has 0 radical (unpaired) electrons. The second-order valence-electron chi connectivity index (χ2n) is 33.1. The molecule has 0 spiro atoms. The Morgan fingerprint density at radius 2 is 0.346 bits per heavy atom. The molecule has 0 N–H and O–H groups in total. The second kappa shape index (κ2) is 32.5. The summed E-state index contributed by atoms with van der Waals surface area (Å²) in [7, 11) is 0. The molecule has 6 aromatic heterocycles. The number of benzene rings is 19. The van der Waals surface area contributed by atoms with Gasteiger partial charge in [0, 0.05) is 99.2 Å². The van der Waals surface area contributed by atoms with E-state index in [0.717, 1.165) is 89.7 Å². The summed E-state index contributed by atoms with van der Waals surface area (Å²) >= 11 is 0. The summed E-state index contributed by atoms with van der Waals surface area (Å²) in [6.07, 6.45) is 0. The summed E-state index contributed by atoms with van der Waals surface area (Å²) in [5, 5.41) is 9.88. The average Bonchev–Trinajstić information content (AvgIpc) is 1.59. The Kier molecular flexibility index (Phi) is 19.1. The molecule has 130 heavy (non-hydrogen) atoms. The van der Waals surface area contributed by atoms with Gasteiger partial charge in [0.2, 0.25) is 0 Å². The molecular formula is C121H79N9. The maximum Gasteiger partial charge on any atom is 0.164 e. The number of hydrogen-bond donors (Lipinski definition) is 0. The normalized spacial score (nSPS) is 11.5. The van der Waals surface area contributed by atoms with E-state index >= 15 is 0 Å². The molecule has 0 amide bonds. The van der Waals surface area contributed by atoms with Crippen molar-refractivity contribution in [3.05, 3.63) is 479 Å². The summed E-state index contributed by atoms with van der Waals surface area (Å²) in [6, 6.07) is 170. The lowest BCUT2D eigenvalue weighted by Gasteiger charge is -2.12. The topological polar surface area (TPSA) is 84.2 Å². The minimum atomic E-state index is 0.638. The van der Waals surface area contributed by atoms with E-state index in [1.165, 1.54) is 121 Å². The van der Waals surface area contributed by atoms with Crippen LogP contribution in [-0.2, 0) is 0 Å². The third kappa shape index (κ3) is 13.9. The van der Waals surface area contributed by atoms with Crippen molar-refractivity contribution in [2.45, 2.75) is 0 Å². The lowest BCUT2D eigenvalue weighted by molar-refractivity contribution is 1.07. The van der Waals surface area contributed by atoms with Gasteiger partial charge < -0.3 is 18.3 Å². The maximum atomic E-state index is 5.23. The molecule has 9 heteroatoms. The summed E-state index contributed by atoms with van der Waals surface area (Å²) in [5.74, 6) is 2.61. The molecular weight excluding hydrogens is 1580 g/mol. The van der Waals surface area contributed by atoms with Gasteiger partial charge in [0.25, 0.3) is 0 Å². The summed E-state index contributed by atoms with van der Waals surface area (Å²) in [4.78, 5) is 25.3. The molecule has 6 heterocycles. The van der Waals surface area contributed by atoms with E-state index in [1.807, 2.05) is 72.8 Å². The zero-order valence-corrected chi connectivity index (χ0v) is 70.6. The number of rotatable bonds is 15. The minimum absolute atomic E-state index is 0.638. The average molecular weight is 1660 g/mol. The lowest BCUT2D eigenvalue weighted by Crippen LogP contribution is -2.00. The molecule has 19 aromatic carbocycles. The van der Waals surface area contributed by atoms with Crippen LogP contribution in [0.5, 0.6) is 0 Å². The van der Waals surface area contributed by atoms with Gasteiger partial charge in [0.15, 0.2) is 23.3 Å². The molecule has 0 saturated heterocycles. The van der Waals surface area contributed by atoms with Crippen molar-refractivity contribution in [1.82, 2.24) is 43.2 Å². The lowest BCUT2D eigenvalue weighted by atomic mass is 10.0. The first-order chi connectivity index (χ1) is 64.4. The van der Waals surface area contributed by atoms with Gasteiger partial charge >= 0.3 is 0 Å². The monoisotopic (exact) mass is 1660 g/mol. The number of nitrogens with zero attached hydrogens (tertiary/aromatic N) is 9. The fraction of sp³-hybridized carbons (Fsp3) is 0. The molecule has 0 saturated carbocycles. The van der Waals surface area contributed by atoms with Crippen molar-refractivity contribution >= 4 is 87.2 Å². The van der Waals surface area contributed by atoms with E-state index < -0.39 is 0 Å². The minimum Gasteiger partial charge on any atom is -0.309 e. The van der Waals surface area contributed by atoms with E-state index in [9.17, 15) is 0 Å². The smallest absolute Gasteiger partial charge is 0.164 e. The van der Waals surface area contributed by atoms with Crippen LogP contribution in [0.25, 0.3) is 234 Å². The zero-order valence-electron chi connectivity index (χ0n) is 70.6. The van der Waals surface area contributed by atoms with Crippen LogP contribution in [0.15, 0.2) is 479 Å². The molecule has 9 nitrogen and oxygen atoms in total. The van der Waals surface area contributed by atoms with E-state index in [-0.39, 0.29) is 0 Å². The number of aromatic nitrogens is 9. The molecule has 0 fully saturated rings. The molecule has 25 aromatic rings. The van der Waals surface area contributed by atoms with Crippen LogP contribution < -0.4 is 0 Å². The summed E-state index contributed by atoms with van der Waals surface area (Å²) < 4.78 is 9.53. The van der Waals surface area contributed by atoms with Crippen molar-refractivity contribution in [3.63, 3.8) is 0 Å². The third-order valence-electron chi connectivity index (χ3n) is 25.4. The Hall–Kier alpha value is -17.5. The maximum absolute atomic E-state index is 5.23. The van der Waals surface area contributed by atoms with Gasteiger partial charge in [0.1, 0.15) is 0 Å². The van der Waals surface area contributed by atoms with Crippen LogP contribution in [0.3, 0.4) is 0 Å². The molecule has 25 rings (SSSR count). The first-order valence-electron chi connectivity index (χ1n) is 44.1. The van der Waals surface area contributed by atoms with Gasteiger partial charge in [-0.1, -0.05) is 346 Å². The number of hydrogen-bond acceptors (Lipinski definition) is 5. The summed E-state index contributed by atoms with van der Waals surface area (Å²) in [5.41, 5.74) is 33.2. The van der Waals surface area contributed by atoms with Crippen LogP contribution in [0.1, 0.15) is 0 Å². The highest BCUT2D eigenvalue weighted by atomic mass is 15.0. The number of para-hydroxylation sites is 6. The second-order valence-corrected chi connectivity index (χ2v) is 33.1. The van der Waals surface area contributed by atoms with Gasteiger partial charge in [-0.05, 0) is 189 Å². The SMILES string of the molecule is c1ccc(-c2ccc(-c3cc(-c4ccc(-c5ccccc5)cc4)nc(-c4ccc(-n5c6ccccc6c6cc(-c7ccc8c9ccccc9n(-c9ccccc9)c8c7)ccc65)cc4)n3)cc2)cc1.c1ccc(-c2nc(-c3ccccc3)nc(-c3cccc(-c4ccc(-n5c6ccccc6c6cc(-c7ccc8c9ccccc9n(-c9ccccc9)c8c7)ccc65)cc4)c3)n2)cc1. The highest BCUT2D eigenvalue weighted by Gasteiger charge is 2.23. The Morgan fingerprint density at radius 3 is 0.754 bits per heavy atom. The van der Waals surface area contributed by atoms with Crippen LogP contribution in [0.2, 0.25) is 0 Å². The van der Waals surface area contributed by atoms with Gasteiger partial charge in [0.05, 0.1) is 55.5 Å². The Morgan fingerprint density at radius 1 is 0.115 bits per heavy atom. The van der Waals surface area contributed by atoms with Crippen molar-refractivity contribution in [2.75, 3.05) is 0 Å². The summed E-state index contributed by atoms with van der Waals surface area (Å²) in [6.45, 7) is 0. The van der Waals surface area contributed by atoms with Crippen LogP contribution >= 0.6 is 0 Å². The van der Waals surface area contributed by atoms with Crippen LogP contribution in [-0.4, -0.2) is 43.2 Å². The molecule has 608 valence electrons. The van der Waals surface area contributed by atoms with E-state index in [1.54, 1.807) is 0 Å². The Bertz CT molecular complexity index is 8420. The third-order valence-corrected chi connectivity index (χ3v) is 25.4. The van der Waals surface area contributed by atoms with Crippen LogP contribution in [0.4, 0.5) is 0 Å². The number of fused-ring (bicyclic) bond motifs is 12. The van der Waals surface area contributed by atoms with E-state index in [0.29, 0.717) is 23.3 Å². The Balaban J connectivity index is 0.000000145. The molecule has 0 aliphatic heterocycles. The van der Waals surface area contributed by atoms with E-state index in [4.69, 9.17) is 24.9 Å². The first-order valence-corrected chi connectivity index (χ1v) is 44.1. The zero-order chi connectivity index (χ0) is 86.0. The largest absolute Gasteiger partial charge is 0.309 e. The van der Waals surface area contributed by atoms with Crippen molar-refractivity contribution in [3.8, 4) is 146 Å². The predicted molar refractivity (Wildman–Crippen MR) is 539 cm³/mol. The first kappa shape index (κ1) is 76.1. The highest BCUT2D eigenvalue weighted by molar-refractivity contribution is 6.15. The highest BCUT2D eigenvalue weighted by Crippen LogP contribution is 2.44. The van der Waals surface area contributed by atoms with Gasteiger partial charge in [-0.3, -0.25) is 0 Å². The van der Waals surface area contributed by atoms with Crippen molar-refractivity contribution in [1.29, 1.82) is 0 Å². The molecule has 0 unspecified atom stereocenters. The molecule has 0 atom stereocenters. The van der Waals surface area contributed by atoms with Gasteiger partial charge in [-0.2, -0.15) is 0 Å². The van der Waals surface area contributed by atoms with Gasteiger partial charge in [-0.25, -0.2) is 24.9 Å². The van der Waals surface area contributed by atoms with Crippen molar-refractivity contribution in [2.24, 2.45) is 0 Å².